The van der Waals surface area contributed by atoms with Crippen LogP contribution < -0.4 is 21.1 Å². The molecule has 0 spiro atoms. The number of thioether (sulfide) groups is 1. The molecule has 78 heavy (non-hydrogen) atoms. The monoisotopic (exact) mass is 1070 g/mol. The van der Waals surface area contributed by atoms with E-state index in [2.05, 4.69) is 47.0 Å². The van der Waals surface area contributed by atoms with Crippen LogP contribution in [0.1, 0.15) is 44.6 Å². The third-order valence-electron chi connectivity index (χ3n) is 13.3. The van der Waals surface area contributed by atoms with Crippen molar-refractivity contribution in [2.24, 2.45) is 10.9 Å². The van der Waals surface area contributed by atoms with Crippen LogP contribution in [0.3, 0.4) is 0 Å². The molecule has 10 rings (SSSR count). The van der Waals surface area contributed by atoms with Gasteiger partial charge in [0.15, 0.2) is 10.8 Å². The second-order valence-corrected chi connectivity index (χ2v) is 20.0. The van der Waals surface area contributed by atoms with Gasteiger partial charge in [0.25, 0.3) is 11.8 Å². The minimum atomic E-state index is -1.39. The number of primary amides is 1. The quantitative estimate of drug-likeness (QED) is 0.0217. The van der Waals surface area contributed by atoms with E-state index >= 15 is 4.79 Å². The smallest absolute Gasteiger partial charge is 0.404 e. The molecule has 3 heterocycles. The van der Waals surface area contributed by atoms with E-state index in [0.717, 1.165) is 33.4 Å². The first-order valence-electron chi connectivity index (χ1n) is 24.9. The van der Waals surface area contributed by atoms with Gasteiger partial charge in [-0.2, -0.15) is 0 Å². The number of thiazole rings is 1. The molecule has 1 fully saturated rings. The van der Waals surface area contributed by atoms with E-state index in [1.807, 2.05) is 146 Å². The average Bonchev–Trinajstić information content (AvgIpc) is 4.10. The van der Waals surface area contributed by atoms with Gasteiger partial charge in [0.1, 0.15) is 47.3 Å². The number of rotatable bonds is 20. The van der Waals surface area contributed by atoms with E-state index in [4.69, 9.17) is 34.9 Å². The van der Waals surface area contributed by atoms with E-state index in [1.54, 1.807) is 42.8 Å². The summed E-state index contributed by atoms with van der Waals surface area (Å²) >= 11 is 2.61. The number of nitrogens with two attached hydrogens (primary N) is 1. The molecule has 1 unspecified atom stereocenters. The topological polar surface area (TPSA) is 184 Å². The van der Waals surface area contributed by atoms with Crippen LogP contribution in [-0.4, -0.2) is 70.4 Å². The normalized spacial score (nSPS) is 15.4. The van der Waals surface area contributed by atoms with E-state index < -0.39 is 46.4 Å². The molecule has 2 aliphatic heterocycles. The third-order valence-corrected chi connectivity index (χ3v) is 15.4. The highest BCUT2D eigenvalue weighted by Crippen LogP contribution is 2.44. The molecule has 16 heteroatoms. The number of nitrogens with one attached hydrogen (secondary N) is 2. The van der Waals surface area contributed by atoms with Crippen molar-refractivity contribution in [1.29, 1.82) is 0 Å². The fourth-order valence-electron chi connectivity index (χ4n) is 9.61. The van der Waals surface area contributed by atoms with Crippen LogP contribution in [-0.2, 0) is 46.4 Å². The van der Waals surface area contributed by atoms with E-state index in [-0.39, 0.29) is 36.1 Å². The molecular weight excluding hydrogens is 1020 g/mol. The molecule has 7 aromatic carbocycles. The first-order chi connectivity index (χ1) is 38.2. The Morgan fingerprint density at radius 2 is 1.21 bits per heavy atom. The lowest BCUT2D eigenvalue weighted by Gasteiger charge is -2.49. The van der Waals surface area contributed by atoms with Gasteiger partial charge in [0.2, 0.25) is 5.60 Å². The zero-order valence-corrected chi connectivity index (χ0v) is 43.8. The minimum absolute atomic E-state index is 0.0115. The molecule has 1 saturated heterocycles. The largest absolute Gasteiger partial charge is 0.497 e. The Bertz CT molecular complexity index is 3280. The van der Waals surface area contributed by atoms with Gasteiger partial charge in [-0.15, -0.1) is 23.1 Å². The molecule has 3 amide bonds. The number of allylic oxidation sites excluding steroid dienone is 1. The molecule has 1 aromatic heterocycles. The number of oxime groups is 1. The van der Waals surface area contributed by atoms with Gasteiger partial charge in [-0.05, 0) is 46.0 Å². The molecule has 0 saturated carbocycles. The van der Waals surface area contributed by atoms with Crippen LogP contribution in [0.4, 0.5) is 9.93 Å². The van der Waals surface area contributed by atoms with Crippen LogP contribution >= 0.6 is 23.1 Å². The number of anilines is 1. The number of hydrogen-bond donors (Lipinski definition) is 3. The lowest BCUT2D eigenvalue weighted by atomic mass is 9.77. The predicted molar refractivity (Wildman–Crippen MR) is 301 cm³/mol. The molecule has 4 N–H and O–H groups in total. The Balaban J connectivity index is 1.04. The van der Waals surface area contributed by atoms with E-state index in [0.29, 0.717) is 22.0 Å². The fraction of sp³-hybridized carbons (Fsp3) is 0.129. The molecule has 0 radical (unpaired) electrons. The standard InChI is InChI=1S/C62H52N6O8S2/c1-73-50-36-34-42(35-37-50)39-75-58(71)54-43(21-20-38-74-59(63)72)40-77-57-53(56(70)68(54)57)65-55(69)52(67-76-62(47-28-14-5-15-29-47,48-30-16-6-17-31-48)49-32-18-7-19-33-49)51-41-78-60(64-51)66-61(44-22-8-2-9-23-44,45-24-10-3-11-25-45)46-26-12-4-13-27-46/h2-37,41,53,57H,38-40H2,1H3,(H2,63,72)(H,64,66)(H,65,69)/t53?,57-/m0/s1. The highest BCUT2D eigenvalue weighted by Gasteiger charge is 2.55. The Kier molecular flexibility index (Phi) is 15.9. The number of β-lactam (4-membered cyclic amide) rings is 1. The second kappa shape index (κ2) is 23.7. The highest BCUT2D eigenvalue weighted by atomic mass is 32.2. The Morgan fingerprint density at radius 1 is 0.705 bits per heavy atom. The average molecular weight is 1070 g/mol. The van der Waals surface area contributed by atoms with E-state index in [1.165, 1.54) is 34.1 Å². The summed E-state index contributed by atoms with van der Waals surface area (Å²) in [5, 5.41) is 13.1. The number of methoxy groups -OCH3 is 1. The van der Waals surface area contributed by atoms with Gasteiger partial charge in [0.05, 0.1) is 7.11 Å². The van der Waals surface area contributed by atoms with Crippen LogP contribution in [0.25, 0.3) is 0 Å². The van der Waals surface area contributed by atoms with Gasteiger partial charge in [0, 0.05) is 27.8 Å². The number of hydrogen-bond acceptors (Lipinski definition) is 13. The first kappa shape index (κ1) is 52.2. The van der Waals surface area contributed by atoms with Crippen molar-refractivity contribution >= 4 is 57.8 Å². The van der Waals surface area contributed by atoms with Crippen molar-refractivity contribution in [3.8, 4) is 5.75 Å². The van der Waals surface area contributed by atoms with Crippen molar-refractivity contribution < 1.29 is 38.2 Å². The number of fused-ring (bicyclic) bond motifs is 1. The van der Waals surface area contributed by atoms with Gasteiger partial charge in [-0.3, -0.25) is 14.5 Å². The summed E-state index contributed by atoms with van der Waals surface area (Å²) in [6, 6.07) is 65.0. The van der Waals surface area contributed by atoms with Gasteiger partial charge in [-0.25, -0.2) is 14.6 Å². The maximum Gasteiger partial charge on any atom is 0.404 e. The third kappa shape index (κ3) is 10.8. The SMILES string of the molecule is COc1ccc(COC(=O)C2=C(C=CCOC(N)=O)CS[C@H]3C(NC(=O)C(=NOC(c4ccccc4)(c4ccccc4)c4ccccc4)c4csc(NC(c5ccccc5)(c5ccccc5)c5ccccc5)n4)C(=O)N23)cc1. The van der Waals surface area contributed by atoms with Crippen LogP contribution in [0.15, 0.2) is 240 Å². The summed E-state index contributed by atoms with van der Waals surface area (Å²) in [7, 11) is 1.56. The number of carbonyl (C=O) groups is 4. The molecule has 14 nitrogen and oxygen atoms in total. The number of ether oxygens (including phenoxy) is 3. The molecule has 0 aliphatic carbocycles. The van der Waals surface area contributed by atoms with Crippen LogP contribution in [0.2, 0.25) is 0 Å². The van der Waals surface area contributed by atoms with Crippen molar-refractivity contribution in [2.75, 3.05) is 24.8 Å². The molecule has 8 aromatic rings. The van der Waals surface area contributed by atoms with Gasteiger partial charge >= 0.3 is 12.1 Å². The maximum absolute atomic E-state index is 15.3. The van der Waals surface area contributed by atoms with Crippen LogP contribution in [0, 0.1) is 0 Å². The molecule has 390 valence electrons. The molecule has 2 atom stereocenters. The summed E-state index contributed by atoms with van der Waals surface area (Å²) in [6.07, 6.45) is 2.14. The zero-order chi connectivity index (χ0) is 53.9. The summed E-state index contributed by atoms with van der Waals surface area (Å²) in [5.74, 6) is -1.22. The lowest BCUT2D eigenvalue weighted by Crippen LogP contribution is -2.71. The molecular formula is C62H52N6O8S2. The lowest BCUT2D eigenvalue weighted by molar-refractivity contribution is -0.153. The second-order valence-electron chi connectivity index (χ2n) is 18.0. The minimum Gasteiger partial charge on any atom is -0.497 e. The number of nitrogens with zero attached hydrogens (tertiary/aromatic N) is 3. The fourth-order valence-corrected chi connectivity index (χ4v) is 11.7. The molecule has 0 bridgehead atoms. The van der Waals surface area contributed by atoms with Crippen molar-refractivity contribution in [3.05, 3.63) is 280 Å². The summed E-state index contributed by atoms with van der Waals surface area (Å²) in [4.78, 5) is 68.8. The van der Waals surface area contributed by atoms with Gasteiger partial charge < -0.3 is 35.4 Å². The van der Waals surface area contributed by atoms with Crippen molar-refractivity contribution in [3.63, 3.8) is 0 Å². The summed E-state index contributed by atoms with van der Waals surface area (Å²) < 4.78 is 16.0. The zero-order valence-electron chi connectivity index (χ0n) is 42.1. The van der Waals surface area contributed by atoms with Crippen molar-refractivity contribution in [1.82, 2.24) is 15.2 Å². The predicted octanol–water partition coefficient (Wildman–Crippen LogP) is 10.3. The number of aromatic nitrogens is 1. The summed E-state index contributed by atoms with van der Waals surface area (Å²) in [5.41, 5.74) is 8.95. The summed E-state index contributed by atoms with van der Waals surface area (Å²) in [6.45, 7) is -0.268. The molecule has 2 aliphatic rings. The number of carbonyl (C=O) groups excluding carboxylic acids is 4. The van der Waals surface area contributed by atoms with Crippen LogP contribution in [0.5, 0.6) is 5.75 Å². The number of amides is 3. The van der Waals surface area contributed by atoms with Gasteiger partial charge in [-0.1, -0.05) is 205 Å². The maximum atomic E-state index is 15.3. The highest BCUT2D eigenvalue weighted by molar-refractivity contribution is 8.00. The Hall–Kier alpha value is -9.25. The Morgan fingerprint density at radius 3 is 1.69 bits per heavy atom. The Labute approximate surface area is 459 Å². The number of esters is 1. The van der Waals surface area contributed by atoms with E-state index in [9.17, 15) is 14.4 Å². The van der Waals surface area contributed by atoms with Crippen molar-refractivity contribution in [2.45, 2.75) is 29.2 Å². The number of benzene rings is 7. The first-order valence-corrected chi connectivity index (χ1v) is 26.8.